The molecule has 0 aliphatic heterocycles. The minimum absolute atomic E-state index is 0. The molecule has 0 spiro atoms. The Balaban J connectivity index is -0.00000000667. The molecule has 0 aliphatic carbocycles. The number of hydrogen-bond acceptors (Lipinski definition) is 0. The topological polar surface area (TPSA) is 0 Å². The maximum Gasteiger partial charge on any atom is 2.00 e. The maximum atomic E-state index is 3.38. The minimum atomic E-state index is 0. The summed E-state index contributed by atoms with van der Waals surface area (Å²) < 4.78 is 0. The summed E-state index contributed by atoms with van der Waals surface area (Å²) in [6.07, 6.45) is 0.750. The van der Waals surface area contributed by atoms with Crippen molar-refractivity contribution in [2.75, 3.05) is 0 Å². The van der Waals surface area contributed by atoms with Crippen LogP contribution in [0.15, 0.2) is 0 Å². The van der Waals surface area contributed by atoms with Gasteiger partial charge in [-0.05, 0) is 0 Å². The average Bonchev–Trinajstić information content (AvgIpc) is 0.918. The predicted molar refractivity (Wildman–Crippen MR) is 21.7 cm³/mol. The second-order valence-electron chi connectivity index (χ2n) is 0.354. The Labute approximate surface area is 69.6 Å². The normalized spacial score (nSPS) is 3.00. The van der Waals surface area contributed by atoms with E-state index >= 15 is 0 Å². The third kappa shape index (κ3) is 54.3. The summed E-state index contributed by atoms with van der Waals surface area (Å²) in [5, 5.41) is 0. The van der Waals surface area contributed by atoms with Gasteiger partial charge in [0.1, 0.15) is 0 Å². The summed E-state index contributed by atoms with van der Waals surface area (Å²) >= 11 is 0. The molecule has 0 saturated carbocycles. The van der Waals surface area contributed by atoms with Crippen LogP contribution in [0.3, 0.4) is 0 Å². The van der Waals surface area contributed by atoms with Crippen LogP contribution in [0.1, 0.15) is 6.42 Å². The van der Waals surface area contributed by atoms with Crippen LogP contribution in [-0.2, 0) is 42.1 Å². The standard InChI is InChI=1S/C3H6.CH3.2W/c1-3-2;;;/h1-3H2;1H3;;/q-2;-1;;+2. The van der Waals surface area contributed by atoms with E-state index in [0.29, 0.717) is 0 Å². The van der Waals surface area contributed by atoms with E-state index in [1.165, 1.54) is 0 Å². The molecule has 0 bridgehead atoms. The van der Waals surface area contributed by atoms with Gasteiger partial charge in [0.25, 0.3) is 0 Å². The largest absolute Gasteiger partial charge is 2.00 e. The van der Waals surface area contributed by atoms with Crippen molar-refractivity contribution in [3.8, 4) is 0 Å². The number of rotatable bonds is 0. The minimum Gasteiger partial charge on any atom is -0.372 e. The molecule has 2 heteroatoms. The summed E-state index contributed by atoms with van der Waals surface area (Å²) in [4.78, 5) is 0. The van der Waals surface area contributed by atoms with Gasteiger partial charge in [0.15, 0.2) is 0 Å². The monoisotopic (exact) mass is 425 g/mol. The molecule has 0 amide bonds. The molecule has 0 radical (unpaired) electrons. The van der Waals surface area contributed by atoms with Crippen LogP contribution in [0.25, 0.3) is 0 Å². The second kappa shape index (κ2) is 32.6. The van der Waals surface area contributed by atoms with E-state index in [-0.39, 0.29) is 49.6 Å². The zero-order valence-corrected chi connectivity index (χ0v) is 9.80. The Hall–Kier alpha value is 1.38. The van der Waals surface area contributed by atoms with Crippen LogP contribution in [0.5, 0.6) is 0 Å². The average molecular weight is 425 g/mol. The quantitative estimate of drug-likeness (QED) is 0.517. The molecule has 6 heavy (non-hydrogen) atoms. The Morgan fingerprint density at radius 2 is 1.17 bits per heavy atom. The van der Waals surface area contributed by atoms with Gasteiger partial charge >= 0.3 is 21.1 Å². The van der Waals surface area contributed by atoms with Gasteiger partial charge in [-0.15, -0.1) is 0 Å². The van der Waals surface area contributed by atoms with Crippen molar-refractivity contribution in [1.29, 1.82) is 0 Å². The number of hydrogen-bond donors (Lipinski definition) is 0. The van der Waals surface area contributed by atoms with E-state index in [1.807, 2.05) is 0 Å². The van der Waals surface area contributed by atoms with Crippen LogP contribution in [0.2, 0.25) is 0 Å². The van der Waals surface area contributed by atoms with Gasteiger partial charge < -0.3 is 27.7 Å². The fraction of sp³-hybridized carbons (Fsp3) is 0.250. The van der Waals surface area contributed by atoms with Crippen molar-refractivity contribution in [2.45, 2.75) is 6.42 Å². The van der Waals surface area contributed by atoms with Crippen molar-refractivity contribution in [1.82, 2.24) is 0 Å². The Morgan fingerprint density at radius 1 is 1.17 bits per heavy atom. The van der Waals surface area contributed by atoms with Crippen LogP contribution in [0, 0.1) is 21.3 Å². The first-order valence-corrected chi connectivity index (χ1v) is 1.000. The first-order valence-electron chi connectivity index (χ1n) is 1.000. The first kappa shape index (κ1) is 26.3. The third-order valence-electron chi connectivity index (χ3n) is 0. The van der Waals surface area contributed by atoms with E-state index in [0.717, 1.165) is 6.42 Å². The summed E-state index contributed by atoms with van der Waals surface area (Å²) in [7, 11) is 0. The maximum absolute atomic E-state index is 3.38. The van der Waals surface area contributed by atoms with Gasteiger partial charge in [-0.25, -0.2) is 0 Å². The van der Waals surface area contributed by atoms with Gasteiger partial charge in [-0.2, -0.15) is 0 Å². The van der Waals surface area contributed by atoms with Gasteiger partial charge in [-0.3, -0.25) is 0 Å². The molecule has 0 atom stereocenters. The molecule has 38 valence electrons. The molecule has 0 saturated heterocycles. The van der Waals surface area contributed by atoms with Crippen molar-refractivity contribution >= 4 is 0 Å². The van der Waals surface area contributed by atoms with Crippen LogP contribution in [-0.4, -0.2) is 0 Å². The van der Waals surface area contributed by atoms with E-state index in [2.05, 4.69) is 13.8 Å². The molecule has 0 N–H and O–H groups in total. The molecule has 0 aromatic heterocycles. The van der Waals surface area contributed by atoms with Gasteiger partial charge in [0.05, 0.1) is 0 Å². The zero-order valence-electron chi connectivity index (χ0n) is 3.94. The summed E-state index contributed by atoms with van der Waals surface area (Å²) in [6, 6.07) is 0. The Morgan fingerprint density at radius 3 is 1.17 bits per heavy atom. The second-order valence-corrected chi connectivity index (χ2v) is 0.354. The Bertz CT molecular complexity index is 5.51. The molecular formula is C4H9W2-. The predicted octanol–water partition coefficient (Wildman–Crippen LogP) is 1.49. The molecule has 0 aromatic rings. The SMILES string of the molecule is [CH2-]C[CH2-].[CH3-].[W+2].[W]. The molecule has 0 aliphatic rings. The summed E-state index contributed by atoms with van der Waals surface area (Å²) in [5.41, 5.74) is 0. The summed E-state index contributed by atoms with van der Waals surface area (Å²) in [6.45, 7) is 6.75. The first-order chi connectivity index (χ1) is 1.41. The zero-order chi connectivity index (χ0) is 2.71. The van der Waals surface area contributed by atoms with Crippen LogP contribution in [0.4, 0.5) is 0 Å². The Kier molecular flexibility index (Phi) is 143. The molecule has 0 nitrogen and oxygen atoms in total. The van der Waals surface area contributed by atoms with Crippen molar-refractivity contribution in [3.05, 3.63) is 21.3 Å². The molecule has 0 unspecified atom stereocenters. The van der Waals surface area contributed by atoms with Gasteiger partial charge in [-0.1, -0.05) is 0 Å². The summed E-state index contributed by atoms with van der Waals surface area (Å²) in [5.74, 6) is 0. The van der Waals surface area contributed by atoms with Crippen LogP contribution >= 0.6 is 0 Å². The molecule has 0 fully saturated rings. The van der Waals surface area contributed by atoms with E-state index < -0.39 is 0 Å². The van der Waals surface area contributed by atoms with Crippen molar-refractivity contribution < 1.29 is 42.1 Å². The smallest absolute Gasteiger partial charge is 0.372 e. The molecule has 0 rings (SSSR count). The van der Waals surface area contributed by atoms with Gasteiger partial charge in [0.2, 0.25) is 0 Å². The van der Waals surface area contributed by atoms with E-state index in [1.54, 1.807) is 0 Å². The van der Waals surface area contributed by atoms with Crippen LogP contribution < -0.4 is 0 Å². The molecule has 0 aromatic carbocycles. The van der Waals surface area contributed by atoms with Crippen molar-refractivity contribution in [3.63, 3.8) is 0 Å². The third-order valence-corrected chi connectivity index (χ3v) is 0. The molecule has 0 heterocycles. The fourth-order valence-electron chi connectivity index (χ4n) is 0. The fourth-order valence-corrected chi connectivity index (χ4v) is 0. The van der Waals surface area contributed by atoms with Crippen molar-refractivity contribution in [2.24, 2.45) is 0 Å². The van der Waals surface area contributed by atoms with Gasteiger partial charge in [0, 0.05) is 21.1 Å². The van der Waals surface area contributed by atoms with E-state index in [4.69, 9.17) is 0 Å². The van der Waals surface area contributed by atoms with E-state index in [9.17, 15) is 0 Å². The molecular weight excluding hydrogens is 416 g/mol.